The number of nitrogens with one attached hydrogen (secondary N) is 1. The Morgan fingerprint density at radius 2 is 2.11 bits per heavy atom. The zero-order chi connectivity index (χ0) is 12.5. The van der Waals surface area contributed by atoms with E-state index in [0.29, 0.717) is 11.8 Å². The van der Waals surface area contributed by atoms with Gasteiger partial charge >= 0.3 is 0 Å². The second-order valence-electron chi connectivity index (χ2n) is 5.33. The van der Waals surface area contributed by atoms with Gasteiger partial charge in [-0.2, -0.15) is 0 Å². The Bertz CT molecular complexity index is 429. The SMILES string of the molecule is CN1c2ccc(O)cc2CC1CN1CCNCC1. The van der Waals surface area contributed by atoms with Gasteiger partial charge in [0.25, 0.3) is 0 Å². The molecule has 4 nitrogen and oxygen atoms in total. The summed E-state index contributed by atoms with van der Waals surface area (Å²) in [6.45, 7) is 5.61. The normalized spacial score (nSPS) is 24.3. The molecule has 0 saturated carbocycles. The average Bonchev–Trinajstić information content (AvgIpc) is 2.67. The van der Waals surface area contributed by atoms with Crippen LogP contribution in [0.2, 0.25) is 0 Å². The number of nitrogens with zero attached hydrogens (tertiary/aromatic N) is 2. The van der Waals surface area contributed by atoms with E-state index in [2.05, 4.69) is 22.2 Å². The Hall–Kier alpha value is -1.26. The minimum atomic E-state index is 0.380. The molecule has 0 amide bonds. The van der Waals surface area contributed by atoms with E-state index in [4.69, 9.17) is 0 Å². The number of anilines is 1. The average molecular weight is 247 g/mol. The number of benzene rings is 1. The number of rotatable bonds is 2. The fourth-order valence-corrected chi connectivity index (χ4v) is 3.05. The Balaban J connectivity index is 1.69. The van der Waals surface area contributed by atoms with Gasteiger partial charge in [-0.3, -0.25) is 4.90 Å². The summed E-state index contributed by atoms with van der Waals surface area (Å²) in [5.74, 6) is 0.380. The third-order valence-electron chi connectivity index (χ3n) is 4.12. The van der Waals surface area contributed by atoms with Crippen molar-refractivity contribution in [3.8, 4) is 5.75 Å². The molecule has 2 aliphatic heterocycles. The molecule has 1 unspecified atom stereocenters. The number of piperazine rings is 1. The molecule has 1 aromatic rings. The van der Waals surface area contributed by atoms with Crippen molar-refractivity contribution in [2.24, 2.45) is 0 Å². The number of likely N-dealkylation sites (N-methyl/N-ethyl adjacent to an activating group) is 1. The molecule has 0 bridgehead atoms. The molecule has 0 aromatic heterocycles. The van der Waals surface area contributed by atoms with Gasteiger partial charge in [-0.25, -0.2) is 0 Å². The summed E-state index contributed by atoms with van der Waals surface area (Å²) in [5.41, 5.74) is 2.55. The Morgan fingerprint density at radius 1 is 1.33 bits per heavy atom. The fraction of sp³-hybridized carbons (Fsp3) is 0.571. The standard InChI is InChI=1S/C14H21N3O/c1-16-12(10-17-6-4-15-5-7-17)8-11-9-13(18)2-3-14(11)16/h2-3,9,12,15,18H,4-8,10H2,1H3. The highest BCUT2D eigenvalue weighted by atomic mass is 16.3. The summed E-state index contributed by atoms with van der Waals surface area (Å²) in [6, 6.07) is 6.26. The quantitative estimate of drug-likeness (QED) is 0.805. The highest BCUT2D eigenvalue weighted by Crippen LogP contribution is 2.33. The van der Waals surface area contributed by atoms with Gasteiger partial charge in [-0.15, -0.1) is 0 Å². The molecule has 1 aromatic carbocycles. The molecule has 0 radical (unpaired) electrons. The maximum absolute atomic E-state index is 9.55. The van der Waals surface area contributed by atoms with Crippen LogP contribution in [0.1, 0.15) is 5.56 Å². The van der Waals surface area contributed by atoms with Gasteiger partial charge in [-0.05, 0) is 30.2 Å². The molecule has 2 N–H and O–H groups in total. The highest BCUT2D eigenvalue weighted by Gasteiger charge is 2.28. The molecular formula is C14H21N3O. The molecular weight excluding hydrogens is 226 g/mol. The van der Waals surface area contributed by atoms with E-state index in [1.807, 2.05) is 12.1 Å². The molecule has 2 aliphatic rings. The molecule has 1 saturated heterocycles. The van der Waals surface area contributed by atoms with Gasteiger partial charge in [0.05, 0.1) is 0 Å². The molecule has 0 aliphatic carbocycles. The molecule has 2 heterocycles. The maximum Gasteiger partial charge on any atom is 0.116 e. The summed E-state index contributed by atoms with van der Waals surface area (Å²) in [4.78, 5) is 4.89. The highest BCUT2D eigenvalue weighted by molar-refractivity contribution is 5.60. The lowest BCUT2D eigenvalue weighted by molar-refractivity contribution is 0.227. The van der Waals surface area contributed by atoms with Gasteiger partial charge in [0.1, 0.15) is 5.75 Å². The molecule has 3 rings (SSSR count). The Kier molecular flexibility index (Phi) is 3.14. The predicted molar refractivity (Wildman–Crippen MR) is 73.3 cm³/mol. The Morgan fingerprint density at radius 3 is 2.89 bits per heavy atom. The molecule has 1 atom stereocenters. The monoisotopic (exact) mass is 247 g/mol. The molecule has 0 spiro atoms. The lowest BCUT2D eigenvalue weighted by Gasteiger charge is -2.32. The smallest absolute Gasteiger partial charge is 0.116 e. The van der Waals surface area contributed by atoms with E-state index in [-0.39, 0.29) is 0 Å². The van der Waals surface area contributed by atoms with E-state index in [1.165, 1.54) is 11.3 Å². The predicted octanol–water partition coefficient (Wildman–Crippen LogP) is 0.658. The summed E-state index contributed by atoms with van der Waals surface area (Å²) >= 11 is 0. The number of phenolic OH excluding ortho intramolecular Hbond substituents is 1. The van der Waals surface area contributed by atoms with Gasteiger partial charge in [-0.1, -0.05) is 0 Å². The van der Waals surface area contributed by atoms with Crippen molar-refractivity contribution in [2.45, 2.75) is 12.5 Å². The van der Waals surface area contributed by atoms with Gasteiger partial charge in [0.2, 0.25) is 0 Å². The number of hydrogen-bond acceptors (Lipinski definition) is 4. The minimum absolute atomic E-state index is 0.380. The van der Waals surface area contributed by atoms with Crippen molar-refractivity contribution < 1.29 is 5.11 Å². The van der Waals surface area contributed by atoms with Crippen LogP contribution in [0.3, 0.4) is 0 Å². The second-order valence-corrected chi connectivity index (χ2v) is 5.33. The van der Waals surface area contributed by atoms with Gasteiger partial charge < -0.3 is 15.3 Å². The summed E-state index contributed by atoms with van der Waals surface area (Å²) in [6.07, 6.45) is 1.05. The van der Waals surface area contributed by atoms with Crippen LogP contribution in [0.15, 0.2) is 18.2 Å². The third kappa shape index (κ3) is 2.18. The van der Waals surface area contributed by atoms with E-state index in [1.54, 1.807) is 6.07 Å². The van der Waals surface area contributed by atoms with Crippen LogP contribution in [0.4, 0.5) is 5.69 Å². The molecule has 4 heteroatoms. The number of aromatic hydroxyl groups is 1. The van der Waals surface area contributed by atoms with Gasteiger partial charge in [0.15, 0.2) is 0 Å². The first-order chi connectivity index (χ1) is 8.74. The third-order valence-corrected chi connectivity index (χ3v) is 4.12. The molecule has 1 fully saturated rings. The number of phenols is 1. The molecule has 18 heavy (non-hydrogen) atoms. The van der Waals surface area contributed by atoms with Crippen LogP contribution in [0.25, 0.3) is 0 Å². The summed E-state index contributed by atoms with van der Waals surface area (Å²) < 4.78 is 0. The van der Waals surface area contributed by atoms with Crippen LogP contribution in [-0.4, -0.2) is 55.8 Å². The van der Waals surface area contributed by atoms with Crippen molar-refractivity contribution in [3.63, 3.8) is 0 Å². The van der Waals surface area contributed by atoms with Crippen LogP contribution < -0.4 is 10.2 Å². The van der Waals surface area contributed by atoms with Crippen LogP contribution in [-0.2, 0) is 6.42 Å². The largest absolute Gasteiger partial charge is 0.508 e. The minimum Gasteiger partial charge on any atom is -0.508 e. The van der Waals surface area contributed by atoms with Crippen molar-refractivity contribution in [2.75, 3.05) is 44.7 Å². The second kappa shape index (κ2) is 4.78. The zero-order valence-electron chi connectivity index (χ0n) is 10.9. The van der Waals surface area contributed by atoms with Crippen molar-refractivity contribution in [1.29, 1.82) is 0 Å². The first kappa shape index (κ1) is 11.8. The Labute approximate surface area is 108 Å². The lowest BCUT2D eigenvalue weighted by Crippen LogP contribution is -2.48. The summed E-state index contributed by atoms with van der Waals surface area (Å²) in [5, 5.41) is 12.9. The van der Waals surface area contributed by atoms with E-state index in [0.717, 1.165) is 39.1 Å². The van der Waals surface area contributed by atoms with Crippen LogP contribution in [0.5, 0.6) is 5.75 Å². The van der Waals surface area contributed by atoms with E-state index in [9.17, 15) is 5.11 Å². The van der Waals surface area contributed by atoms with Crippen LogP contribution in [0, 0.1) is 0 Å². The first-order valence-electron chi connectivity index (χ1n) is 6.72. The van der Waals surface area contributed by atoms with E-state index < -0.39 is 0 Å². The first-order valence-corrected chi connectivity index (χ1v) is 6.72. The number of fused-ring (bicyclic) bond motifs is 1. The zero-order valence-corrected chi connectivity index (χ0v) is 10.9. The lowest BCUT2D eigenvalue weighted by atomic mass is 10.1. The topological polar surface area (TPSA) is 38.7 Å². The van der Waals surface area contributed by atoms with Crippen molar-refractivity contribution in [1.82, 2.24) is 10.2 Å². The van der Waals surface area contributed by atoms with E-state index >= 15 is 0 Å². The summed E-state index contributed by atoms with van der Waals surface area (Å²) in [7, 11) is 2.16. The fourth-order valence-electron chi connectivity index (χ4n) is 3.05. The van der Waals surface area contributed by atoms with Crippen LogP contribution >= 0.6 is 0 Å². The van der Waals surface area contributed by atoms with Crippen molar-refractivity contribution >= 4 is 5.69 Å². The molecule has 98 valence electrons. The maximum atomic E-state index is 9.55. The number of hydrogen-bond donors (Lipinski definition) is 2. The van der Waals surface area contributed by atoms with Gasteiger partial charge in [0, 0.05) is 51.5 Å². The van der Waals surface area contributed by atoms with Crippen molar-refractivity contribution in [3.05, 3.63) is 23.8 Å².